The Balaban J connectivity index is 1.50. The van der Waals surface area contributed by atoms with Crippen molar-refractivity contribution >= 4 is 48.6 Å². The molecule has 0 unspecified atom stereocenters. The van der Waals surface area contributed by atoms with Crippen LogP contribution >= 0.6 is 11.3 Å². The van der Waals surface area contributed by atoms with Crippen LogP contribution in [0.15, 0.2) is 140 Å². The van der Waals surface area contributed by atoms with Crippen LogP contribution < -0.4 is 4.90 Å². The Morgan fingerprint density at radius 2 is 1.05 bits per heavy atom. The van der Waals surface area contributed by atoms with E-state index in [1.807, 2.05) is 11.3 Å². The monoisotopic (exact) mass is 531 g/mol. The summed E-state index contributed by atoms with van der Waals surface area (Å²) < 4.78 is 2.65. The first kappa shape index (κ1) is 24.4. The molecule has 6 aromatic carbocycles. The average Bonchev–Trinajstić information content (AvgIpc) is 3.39. The predicted octanol–water partition coefficient (Wildman–Crippen LogP) is 11.5. The maximum Gasteiger partial charge on any atom is 0.0468 e. The molecule has 0 aliphatic rings. The molecule has 2 heteroatoms. The topological polar surface area (TPSA) is 3.24 Å². The number of nitrogens with zero attached hydrogens (tertiary/aromatic N) is 1. The normalized spacial score (nSPS) is 11.2. The Bertz CT molecular complexity index is 1900. The van der Waals surface area contributed by atoms with Crippen molar-refractivity contribution in [3.63, 3.8) is 0 Å². The molecule has 0 aliphatic carbocycles. The largest absolute Gasteiger partial charge is 0.310 e. The molecule has 0 aliphatic heterocycles. The van der Waals surface area contributed by atoms with Crippen LogP contribution in [0.1, 0.15) is 11.1 Å². The number of fused-ring (bicyclic) bond motifs is 3. The van der Waals surface area contributed by atoms with E-state index in [2.05, 4.69) is 158 Å². The Kier molecular flexibility index (Phi) is 6.18. The molecule has 0 N–H and O–H groups in total. The minimum absolute atomic E-state index is 1.14. The van der Waals surface area contributed by atoms with Crippen molar-refractivity contribution in [2.24, 2.45) is 0 Å². The van der Waals surface area contributed by atoms with Crippen LogP contribution in [-0.2, 0) is 0 Å². The van der Waals surface area contributed by atoms with Crippen LogP contribution in [0.25, 0.3) is 42.4 Å². The van der Waals surface area contributed by atoms with E-state index in [9.17, 15) is 0 Å². The molecule has 0 spiro atoms. The summed E-state index contributed by atoms with van der Waals surface area (Å²) in [5.41, 5.74) is 10.9. The van der Waals surface area contributed by atoms with Gasteiger partial charge in [-0.1, -0.05) is 108 Å². The number of anilines is 3. The smallest absolute Gasteiger partial charge is 0.0468 e. The Morgan fingerprint density at radius 1 is 0.450 bits per heavy atom. The van der Waals surface area contributed by atoms with Gasteiger partial charge >= 0.3 is 0 Å². The Morgan fingerprint density at radius 3 is 1.75 bits per heavy atom. The predicted molar refractivity (Wildman–Crippen MR) is 174 cm³/mol. The van der Waals surface area contributed by atoms with E-state index in [4.69, 9.17) is 0 Å². The average molecular weight is 532 g/mol. The standard InChI is InChI=1S/C38H29NS/c1-26-15-19-29(20-16-26)39(30-21-17-27(2)18-22-30)31-23-24-32(28-9-4-3-5-10-28)36(25-31)35-13-8-12-34-33-11-6-7-14-37(33)40-38(34)35/h3-25H,1-2H3. The van der Waals surface area contributed by atoms with Crippen molar-refractivity contribution in [1.82, 2.24) is 0 Å². The van der Waals surface area contributed by atoms with Gasteiger partial charge in [0.2, 0.25) is 0 Å². The maximum absolute atomic E-state index is 2.38. The third-order valence-corrected chi connectivity index (χ3v) is 8.84. The molecule has 1 aromatic heterocycles. The molecule has 7 aromatic rings. The summed E-state index contributed by atoms with van der Waals surface area (Å²) >= 11 is 1.88. The third-order valence-electron chi connectivity index (χ3n) is 7.62. The molecule has 0 radical (unpaired) electrons. The van der Waals surface area contributed by atoms with E-state index < -0.39 is 0 Å². The lowest BCUT2D eigenvalue weighted by Crippen LogP contribution is -2.10. The number of rotatable bonds is 5. The van der Waals surface area contributed by atoms with Gasteiger partial charge in [0.15, 0.2) is 0 Å². The van der Waals surface area contributed by atoms with Crippen molar-refractivity contribution in [3.05, 3.63) is 151 Å². The SMILES string of the molecule is Cc1ccc(N(c2ccc(C)cc2)c2ccc(-c3ccccc3)c(-c3cccc4c3sc3ccccc34)c2)cc1. The molecule has 1 heterocycles. The number of benzene rings is 6. The zero-order valence-electron chi connectivity index (χ0n) is 22.6. The van der Waals surface area contributed by atoms with E-state index in [1.165, 1.54) is 53.6 Å². The molecule has 7 rings (SSSR count). The molecule has 0 amide bonds. The highest BCUT2D eigenvalue weighted by atomic mass is 32.1. The quantitative estimate of drug-likeness (QED) is 0.213. The van der Waals surface area contributed by atoms with Crippen LogP contribution in [0.3, 0.4) is 0 Å². The van der Waals surface area contributed by atoms with Gasteiger partial charge in [-0.2, -0.15) is 0 Å². The van der Waals surface area contributed by atoms with Gasteiger partial charge in [-0.15, -0.1) is 11.3 Å². The van der Waals surface area contributed by atoms with E-state index in [1.54, 1.807) is 0 Å². The van der Waals surface area contributed by atoms with Gasteiger partial charge in [0.05, 0.1) is 0 Å². The summed E-state index contributed by atoms with van der Waals surface area (Å²) in [5, 5.41) is 2.64. The lowest BCUT2D eigenvalue weighted by Gasteiger charge is -2.27. The Labute approximate surface area is 239 Å². The number of hydrogen-bond donors (Lipinski definition) is 0. The fourth-order valence-electron chi connectivity index (χ4n) is 5.56. The van der Waals surface area contributed by atoms with Gasteiger partial charge in [-0.05, 0) is 73.0 Å². The van der Waals surface area contributed by atoms with E-state index in [0.29, 0.717) is 0 Å². The van der Waals surface area contributed by atoms with Gasteiger partial charge in [0.25, 0.3) is 0 Å². The maximum atomic E-state index is 2.38. The zero-order valence-corrected chi connectivity index (χ0v) is 23.5. The van der Waals surface area contributed by atoms with Gasteiger partial charge < -0.3 is 4.90 Å². The van der Waals surface area contributed by atoms with E-state index >= 15 is 0 Å². The fraction of sp³-hybridized carbons (Fsp3) is 0.0526. The Hall–Kier alpha value is -4.66. The van der Waals surface area contributed by atoms with Gasteiger partial charge in [0, 0.05) is 42.8 Å². The highest BCUT2D eigenvalue weighted by Crippen LogP contribution is 2.45. The molecule has 0 fully saturated rings. The molecule has 0 atom stereocenters. The van der Waals surface area contributed by atoms with Crippen LogP contribution in [0.2, 0.25) is 0 Å². The van der Waals surface area contributed by atoms with Gasteiger partial charge in [-0.3, -0.25) is 0 Å². The number of thiophene rings is 1. The first-order valence-electron chi connectivity index (χ1n) is 13.7. The summed E-state index contributed by atoms with van der Waals surface area (Å²) in [5.74, 6) is 0. The second kappa shape index (κ2) is 10.1. The highest BCUT2D eigenvalue weighted by Gasteiger charge is 2.18. The zero-order chi connectivity index (χ0) is 27.1. The molecular formula is C38H29NS. The summed E-state index contributed by atoms with van der Waals surface area (Å²) in [7, 11) is 0. The van der Waals surface area contributed by atoms with Gasteiger partial charge in [0.1, 0.15) is 0 Å². The molecule has 192 valence electrons. The number of hydrogen-bond acceptors (Lipinski definition) is 2. The van der Waals surface area contributed by atoms with Crippen LogP contribution in [-0.4, -0.2) is 0 Å². The van der Waals surface area contributed by atoms with Crippen LogP contribution in [0, 0.1) is 13.8 Å². The van der Waals surface area contributed by atoms with Crippen LogP contribution in [0.4, 0.5) is 17.1 Å². The molecule has 0 bridgehead atoms. The van der Waals surface area contributed by atoms with E-state index in [0.717, 1.165) is 17.1 Å². The van der Waals surface area contributed by atoms with E-state index in [-0.39, 0.29) is 0 Å². The second-order valence-electron chi connectivity index (χ2n) is 10.4. The van der Waals surface area contributed by atoms with Crippen molar-refractivity contribution in [1.29, 1.82) is 0 Å². The van der Waals surface area contributed by atoms with Crippen LogP contribution in [0.5, 0.6) is 0 Å². The minimum Gasteiger partial charge on any atom is -0.310 e. The summed E-state index contributed by atoms with van der Waals surface area (Å²) in [6.07, 6.45) is 0. The molecule has 40 heavy (non-hydrogen) atoms. The number of aryl methyl sites for hydroxylation is 2. The van der Waals surface area contributed by atoms with Crippen molar-refractivity contribution in [2.45, 2.75) is 13.8 Å². The highest BCUT2D eigenvalue weighted by molar-refractivity contribution is 7.26. The summed E-state index contributed by atoms with van der Waals surface area (Å²) in [6.45, 7) is 4.27. The van der Waals surface area contributed by atoms with Crippen molar-refractivity contribution in [2.75, 3.05) is 4.90 Å². The second-order valence-corrected chi connectivity index (χ2v) is 11.4. The van der Waals surface area contributed by atoms with Crippen molar-refractivity contribution in [3.8, 4) is 22.3 Å². The van der Waals surface area contributed by atoms with Gasteiger partial charge in [-0.25, -0.2) is 0 Å². The first-order valence-corrected chi connectivity index (χ1v) is 14.5. The fourth-order valence-corrected chi connectivity index (χ4v) is 6.79. The lowest BCUT2D eigenvalue weighted by atomic mass is 9.92. The summed E-state index contributed by atoms with van der Waals surface area (Å²) in [6, 6.07) is 50.8. The summed E-state index contributed by atoms with van der Waals surface area (Å²) in [4.78, 5) is 2.36. The first-order chi connectivity index (χ1) is 19.7. The molecule has 0 saturated carbocycles. The third kappa shape index (κ3) is 4.37. The van der Waals surface area contributed by atoms with Crippen molar-refractivity contribution < 1.29 is 0 Å². The molecule has 0 saturated heterocycles. The molecular weight excluding hydrogens is 502 g/mol. The molecule has 1 nitrogen and oxygen atoms in total. The lowest BCUT2D eigenvalue weighted by molar-refractivity contribution is 1.27. The minimum atomic E-state index is 1.14.